The summed E-state index contributed by atoms with van der Waals surface area (Å²) >= 11 is 0. The van der Waals surface area contributed by atoms with E-state index >= 15 is 0 Å². The van der Waals surface area contributed by atoms with Crippen molar-refractivity contribution in [3.63, 3.8) is 0 Å². The molecule has 0 heterocycles. The molecule has 0 amide bonds. The maximum absolute atomic E-state index is 9.90. The second-order valence-corrected chi connectivity index (χ2v) is 1.66. The molecule has 0 saturated carbocycles. The minimum atomic E-state index is -0.997. The van der Waals surface area contributed by atoms with Gasteiger partial charge >= 0.3 is 5.97 Å². The highest BCUT2D eigenvalue weighted by Gasteiger charge is 1.90. The van der Waals surface area contributed by atoms with Gasteiger partial charge in [0.05, 0.1) is 0 Å². The molecule has 0 atom stereocenters. The third kappa shape index (κ3) is 4.99. The van der Waals surface area contributed by atoms with Gasteiger partial charge < -0.3 is 10.3 Å². The summed E-state index contributed by atoms with van der Waals surface area (Å²) in [4.78, 5) is 9.90. The zero-order valence-corrected chi connectivity index (χ0v) is 5.09. The van der Waals surface area contributed by atoms with E-state index in [1.807, 2.05) is 5.48 Å². The number of aliphatic carboxylic acids is 1. The summed E-state index contributed by atoms with van der Waals surface area (Å²) in [6, 6.07) is 0. The summed E-state index contributed by atoms with van der Waals surface area (Å²) in [5.74, 6) is -0.997. The quantitative estimate of drug-likeness (QED) is 0.372. The van der Waals surface area contributed by atoms with E-state index in [2.05, 4.69) is 0 Å². The van der Waals surface area contributed by atoms with Gasteiger partial charge in [0.1, 0.15) is 0 Å². The third-order valence-electron chi connectivity index (χ3n) is 0.728. The second kappa shape index (κ2) is 4.05. The Hall–Kier alpha value is -0.870. The molecular weight excluding hydrogens is 122 g/mol. The zero-order chi connectivity index (χ0) is 7.28. The molecule has 0 aromatic carbocycles. The Morgan fingerprint density at radius 3 is 2.67 bits per heavy atom. The first-order chi connectivity index (χ1) is 4.16. The van der Waals surface area contributed by atoms with Crippen LogP contribution >= 0.6 is 0 Å². The van der Waals surface area contributed by atoms with Crippen LogP contribution in [0.25, 0.3) is 0 Å². The molecule has 0 unspecified atom stereocenters. The van der Waals surface area contributed by atoms with Crippen molar-refractivity contribution in [1.82, 2.24) is 5.48 Å². The van der Waals surface area contributed by atoms with Gasteiger partial charge in [-0.1, -0.05) is 5.57 Å². The third-order valence-corrected chi connectivity index (χ3v) is 0.728. The van der Waals surface area contributed by atoms with Gasteiger partial charge in [-0.15, -0.1) is 0 Å². The maximum atomic E-state index is 9.90. The number of hydrogen-bond donors (Lipinski definition) is 3. The molecule has 0 bridgehead atoms. The van der Waals surface area contributed by atoms with E-state index in [1.54, 1.807) is 6.92 Å². The molecule has 4 heteroatoms. The van der Waals surface area contributed by atoms with Gasteiger partial charge in [-0.05, 0) is 6.92 Å². The fourth-order valence-electron chi connectivity index (χ4n) is 0.387. The lowest BCUT2D eigenvalue weighted by Gasteiger charge is -1.93. The average Bonchev–Trinajstić information content (AvgIpc) is 1.63. The Morgan fingerprint density at radius 2 is 2.33 bits per heavy atom. The van der Waals surface area contributed by atoms with Crippen molar-refractivity contribution in [2.24, 2.45) is 0 Å². The number of carboxylic acid groups (broad SMARTS) is 1. The topological polar surface area (TPSA) is 69.6 Å². The minimum Gasteiger partial charge on any atom is -0.478 e. The first-order valence-electron chi connectivity index (χ1n) is 2.44. The van der Waals surface area contributed by atoms with Gasteiger partial charge in [0.25, 0.3) is 0 Å². The summed E-state index contributed by atoms with van der Waals surface area (Å²) in [6.45, 7) is 1.80. The monoisotopic (exact) mass is 131 g/mol. The molecule has 0 rings (SSSR count). The Morgan fingerprint density at radius 1 is 1.78 bits per heavy atom. The lowest BCUT2D eigenvalue weighted by molar-refractivity contribution is -0.131. The number of hydrogen-bond acceptors (Lipinski definition) is 3. The van der Waals surface area contributed by atoms with Crippen LogP contribution in [0, 0.1) is 0 Å². The summed E-state index contributed by atoms with van der Waals surface area (Å²) in [6.07, 6.45) is 1.03. The molecule has 4 nitrogen and oxygen atoms in total. The fourth-order valence-corrected chi connectivity index (χ4v) is 0.387. The van der Waals surface area contributed by atoms with E-state index in [0.717, 1.165) is 6.08 Å². The highest BCUT2D eigenvalue weighted by atomic mass is 16.5. The minimum absolute atomic E-state index is 0.187. The van der Waals surface area contributed by atoms with Crippen LogP contribution in [0.1, 0.15) is 6.92 Å². The Labute approximate surface area is 52.8 Å². The molecule has 0 spiro atoms. The molecule has 0 aliphatic heterocycles. The molecule has 0 aromatic heterocycles. The van der Waals surface area contributed by atoms with Crippen LogP contribution in [0.15, 0.2) is 11.6 Å². The normalized spacial score (nSPS) is 11.6. The van der Waals surface area contributed by atoms with E-state index in [4.69, 9.17) is 10.3 Å². The van der Waals surface area contributed by atoms with Gasteiger partial charge in [0.15, 0.2) is 0 Å². The van der Waals surface area contributed by atoms with E-state index in [0.29, 0.717) is 5.57 Å². The van der Waals surface area contributed by atoms with Crippen LogP contribution < -0.4 is 5.48 Å². The Kier molecular flexibility index (Phi) is 3.66. The van der Waals surface area contributed by atoms with Gasteiger partial charge in [-0.3, -0.25) is 0 Å². The van der Waals surface area contributed by atoms with E-state index in [-0.39, 0.29) is 6.54 Å². The van der Waals surface area contributed by atoms with Crippen LogP contribution in [0.2, 0.25) is 0 Å². The number of carboxylic acids is 1. The van der Waals surface area contributed by atoms with Crippen molar-refractivity contribution in [2.45, 2.75) is 6.92 Å². The highest BCUT2D eigenvalue weighted by Crippen LogP contribution is 1.87. The number of nitrogens with one attached hydrogen (secondary N) is 1. The predicted molar refractivity (Wildman–Crippen MR) is 31.2 cm³/mol. The van der Waals surface area contributed by atoms with Gasteiger partial charge in [0.2, 0.25) is 0 Å². The SMILES string of the molecule is CC(=CC(=O)O)CNO. The maximum Gasteiger partial charge on any atom is 0.328 e. The van der Waals surface area contributed by atoms with E-state index in [9.17, 15) is 4.79 Å². The van der Waals surface area contributed by atoms with Crippen LogP contribution in [0.5, 0.6) is 0 Å². The van der Waals surface area contributed by atoms with Gasteiger partial charge in [-0.2, -0.15) is 0 Å². The van der Waals surface area contributed by atoms with Gasteiger partial charge in [-0.25, -0.2) is 10.3 Å². The van der Waals surface area contributed by atoms with Crippen molar-refractivity contribution in [1.29, 1.82) is 0 Å². The van der Waals surface area contributed by atoms with Crippen LogP contribution in [-0.2, 0) is 4.79 Å². The average molecular weight is 131 g/mol. The highest BCUT2D eigenvalue weighted by molar-refractivity contribution is 5.80. The molecule has 0 saturated heterocycles. The molecule has 0 radical (unpaired) electrons. The van der Waals surface area contributed by atoms with E-state index < -0.39 is 5.97 Å². The first-order valence-corrected chi connectivity index (χ1v) is 2.44. The molecule has 0 fully saturated rings. The lowest BCUT2D eigenvalue weighted by Crippen LogP contribution is -2.10. The van der Waals surface area contributed by atoms with Crippen molar-refractivity contribution >= 4 is 5.97 Å². The largest absolute Gasteiger partial charge is 0.478 e. The summed E-state index contributed by atoms with van der Waals surface area (Å²) in [7, 11) is 0. The van der Waals surface area contributed by atoms with Gasteiger partial charge in [0, 0.05) is 12.6 Å². The molecular formula is C5H9NO3. The fraction of sp³-hybridized carbons (Fsp3) is 0.400. The van der Waals surface area contributed by atoms with Crippen LogP contribution in [-0.4, -0.2) is 22.8 Å². The zero-order valence-electron chi connectivity index (χ0n) is 5.09. The second-order valence-electron chi connectivity index (χ2n) is 1.66. The molecule has 52 valence electrons. The van der Waals surface area contributed by atoms with Crippen LogP contribution in [0.4, 0.5) is 0 Å². The molecule has 9 heavy (non-hydrogen) atoms. The number of carbonyl (C=O) groups is 1. The molecule has 3 N–H and O–H groups in total. The van der Waals surface area contributed by atoms with Crippen LogP contribution in [0.3, 0.4) is 0 Å². The first kappa shape index (κ1) is 8.13. The molecule has 0 aliphatic carbocycles. The number of rotatable bonds is 3. The van der Waals surface area contributed by atoms with Crippen molar-refractivity contribution in [2.75, 3.05) is 6.54 Å². The number of hydroxylamine groups is 1. The lowest BCUT2D eigenvalue weighted by atomic mass is 10.3. The molecule has 0 aliphatic rings. The van der Waals surface area contributed by atoms with Crippen molar-refractivity contribution in [3.8, 4) is 0 Å². The predicted octanol–water partition coefficient (Wildman–Crippen LogP) is -0.00390. The van der Waals surface area contributed by atoms with Crippen molar-refractivity contribution in [3.05, 3.63) is 11.6 Å². The standard InChI is InChI=1S/C5H9NO3/c1-4(3-6-9)2-5(7)8/h2,6,9H,3H2,1H3,(H,7,8). The summed E-state index contributed by atoms with van der Waals surface area (Å²) in [5.41, 5.74) is 2.42. The summed E-state index contributed by atoms with van der Waals surface area (Å²) in [5, 5.41) is 16.2. The van der Waals surface area contributed by atoms with E-state index in [1.165, 1.54) is 0 Å². The summed E-state index contributed by atoms with van der Waals surface area (Å²) < 4.78 is 0. The molecule has 0 aromatic rings. The Balaban J connectivity index is 3.69. The smallest absolute Gasteiger partial charge is 0.328 e. The Bertz CT molecular complexity index is 130. The van der Waals surface area contributed by atoms with Crippen molar-refractivity contribution < 1.29 is 15.1 Å².